The molecule has 0 spiro atoms. The number of hydrogen-bond donors (Lipinski definition) is 1. The molecule has 0 amide bonds. The Balaban J connectivity index is 0.00000280. The van der Waals surface area contributed by atoms with Crippen molar-refractivity contribution in [1.82, 2.24) is 20.0 Å². The molecule has 0 aliphatic carbocycles. The normalized spacial score (nSPS) is 16.9. The smallest absolute Gasteiger partial charge is 0.193 e. The molecule has 2 heterocycles. The van der Waals surface area contributed by atoms with Gasteiger partial charge in [-0.3, -0.25) is 9.67 Å². The van der Waals surface area contributed by atoms with Crippen molar-refractivity contribution in [3.63, 3.8) is 0 Å². The maximum absolute atomic E-state index is 13.7. The topological polar surface area (TPSA) is 45.5 Å². The highest BCUT2D eigenvalue weighted by molar-refractivity contribution is 14.0. The molecule has 1 atom stereocenters. The molecule has 1 aliphatic rings. The van der Waals surface area contributed by atoms with Crippen molar-refractivity contribution >= 4 is 41.7 Å². The number of aliphatic imine (C=N–C) groups is 1. The third kappa shape index (κ3) is 6.65. The molecule has 1 unspecified atom stereocenters. The average Bonchev–Trinajstić information content (AvgIpc) is 3.28. The Hall–Kier alpha value is -1.29. The fourth-order valence-corrected chi connectivity index (χ4v) is 4.18. The standard InChI is InChI=1S/C20H28FN5S.HI/c1-3-22-20(23-9-11-27-19-7-5-4-6-18(19)21)26-10-8-16(15-26)12-17-13-24-25(2)14-17;/h4-7,13-14,16H,3,8-12,15H2,1-2H3,(H,22,23);1H. The Morgan fingerprint density at radius 3 is 2.93 bits per heavy atom. The molecule has 0 bridgehead atoms. The number of nitrogens with one attached hydrogen (secondary N) is 1. The first-order valence-electron chi connectivity index (χ1n) is 9.53. The number of halogens is 2. The van der Waals surface area contributed by atoms with E-state index in [0.717, 1.165) is 37.8 Å². The molecule has 1 aromatic carbocycles. The van der Waals surface area contributed by atoms with E-state index in [0.29, 0.717) is 17.4 Å². The molecular weight excluding hydrogens is 488 g/mol. The summed E-state index contributed by atoms with van der Waals surface area (Å²) in [5.41, 5.74) is 1.30. The number of nitrogens with zero attached hydrogens (tertiary/aromatic N) is 4. The Labute approximate surface area is 188 Å². The number of thioether (sulfide) groups is 1. The lowest BCUT2D eigenvalue weighted by Gasteiger charge is -2.21. The Morgan fingerprint density at radius 1 is 1.39 bits per heavy atom. The van der Waals surface area contributed by atoms with Gasteiger partial charge in [0.05, 0.1) is 12.7 Å². The van der Waals surface area contributed by atoms with Gasteiger partial charge in [-0.05, 0) is 43.4 Å². The third-order valence-electron chi connectivity index (χ3n) is 4.65. The summed E-state index contributed by atoms with van der Waals surface area (Å²) < 4.78 is 15.5. The molecule has 5 nitrogen and oxygen atoms in total. The minimum Gasteiger partial charge on any atom is -0.357 e. The summed E-state index contributed by atoms with van der Waals surface area (Å²) in [5, 5.41) is 7.66. The molecule has 0 saturated carbocycles. The van der Waals surface area contributed by atoms with Crippen molar-refractivity contribution < 1.29 is 4.39 Å². The van der Waals surface area contributed by atoms with Crippen LogP contribution in [0.15, 0.2) is 46.5 Å². The summed E-state index contributed by atoms with van der Waals surface area (Å²) in [4.78, 5) is 7.79. The number of aryl methyl sites for hydroxylation is 1. The van der Waals surface area contributed by atoms with Crippen LogP contribution in [-0.4, -0.2) is 52.6 Å². The van der Waals surface area contributed by atoms with E-state index in [4.69, 9.17) is 4.99 Å². The maximum Gasteiger partial charge on any atom is 0.193 e. The molecule has 1 aromatic heterocycles. The van der Waals surface area contributed by atoms with E-state index >= 15 is 0 Å². The number of guanidine groups is 1. The molecule has 1 saturated heterocycles. The van der Waals surface area contributed by atoms with E-state index in [2.05, 4.69) is 28.4 Å². The van der Waals surface area contributed by atoms with Gasteiger partial charge < -0.3 is 10.2 Å². The average molecular weight is 517 g/mol. The highest BCUT2D eigenvalue weighted by atomic mass is 127. The van der Waals surface area contributed by atoms with Gasteiger partial charge in [0.2, 0.25) is 0 Å². The molecule has 1 N–H and O–H groups in total. The quantitative estimate of drug-likeness (QED) is 0.200. The lowest BCUT2D eigenvalue weighted by Crippen LogP contribution is -2.40. The monoisotopic (exact) mass is 517 g/mol. The minimum absolute atomic E-state index is 0. The Kier molecular flexibility index (Phi) is 9.57. The van der Waals surface area contributed by atoms with Crippen molar-refractivity contribution in [3.05, 3.63) is 48.0 Å². The van der Waals surface area contributed by atoms with Crippen molar-refractivity contribution in [2.45, 2.75) is 24.7 Å². The summed E-state index contributed by atoms with van der Waals surface area (Å²) in [6, 6.07) is 6.90. The molecular formula is C20H29FIN5S. The van der Waals surface area contributed by atoms with Crippen molar-refractivity contribution in [1.29, 1.82) is 0 Å². The molecule has 3 rings (SSSR count). The van der Waals surface area contributed by atoms with Crippen LogP contribution in [0.3, 0.4) is 0 Å². The molecule has 0 radical (unpaired) electrons. The number of likely N-dealkylation sites (tertiary alicyclic amines) is 1. The van der Waals surface area contributed by atoms with E-state index in [-0.39, 0.29) is 29.8 Å². The van der Waals surface area contributed by atoms with Crippen LogP contribution in [0.2, 0.25) is 0 Å². The highest BCUT2D eigenvalue weighted by Gasteiger charge is 2.25. The summed E-state index contributed by atoms with van der Waals surface area (Å²) in [7, 11) is 1.96. The first kappa shape index (κ1) is 23.0. The molecule has 2 aromatic rings. The van der Waals surface area contributed by atoms with Gasteiger partial charge in [0.25, 0.3) is 0 Å². The van der Waals surface area contributed by atoms with Crippen molar-refractivity contribution in [2.75, 3.05) is 31.9 Å². The number of rotatable bonds is 7. The highest BCUT2D eigenvalue weighted by Crippen LogP contribution is 2.22. The molecule has 154 valence electrons. The van der Waals surface area contributed by atoms with Gasteiger partial charge in [0, 0.05) is 43.5 Å². The Bertz CT molecular complexity index is 767. The second kappa shape index (κ2) is 11.6. The van der Waals surface area contributed by atoms with Gasteiger partial charge in [-0.1, -0.05) is 12.1 Å². The van der Waals surface area contributed by atoms with E-state index < -0.39 is 0 Å². The molecule has 1 aliphatic heterocycles. The van der Waals surface area contributed by atoms with Gasteiger partial charge >= 0.3 is 0 Å². The summed E-state index contributed by atoms with van der Waals surface area (Å²) in [5.74, 6) is 2.21. The van der Waals surface area contributed by atoms with Crippen LogP contribution in [0.25, 0.3) is 0 Å². The van der Waals surface area contributed by atoms with Crippen molar-refractivity contribution in [3.8, 4) is 0 Å². The zero-order valence-corrected chi connectivity index (χ0v) is 19.6. The van der Waals surface area contributed by atoms with Crippen LogP contribution < -0.4 is 5.32 Å². The number of hydrogen-bond acceptors (Lipinski definition) is 3. The first-order valence-corrected chi connectivity index (χ1v) is 10.5. The van der Waals surface area contributed by atoms with Crippen LogP contribution in [-0.2, 0) is 13.5 Å². The van der Waals surface area contributed by atoms with Crippen LogP contribution in [0.4, 0.5) is 4.39 Å². The summed E-state index contributed by atoms with van der Waals surface area (Å²) in [6.07, 6.45) is 6.29. The van der Waals surface area contributed by atoms with Gasteiger partial charge in [-0.2, -0.15) is 5.10 Å². The molecule has 8 heteroatoms. The fourth-order valence-electron chi connectivity index (χ4n) is 3.40. The van der Waals surface area contributed by atoms with Crippen LogP contribution >= 0.6 is 35.7 Å². The van der Waals surface area contributed by atoms with Crippen LogP contribution in [0.1, 0.15) is 18.9 Å². The molecule has 28 heavy (non-hydrogen) atoms. The second-order valence-electron chi connectivity index (χ2n) is 6.84. The molecule has 1 fully saturated rings. The maximum atomic E-state index is 13.7. The lowest BCUT2D eigenvalue weighted by atomic mass is 10.0. The van der Waals surface area contributed by atoms with Gasteiger partial charge in [-0.25, -0.2) is 4.39 Å². The summed E-state index contributed by atoms with van der Waals surface area (Å²) >= 11 is 1.52. The van der Waals surface area contributed by atoms with Gasteiger partial charge in [0.1, 0.15) is 5.82 Å². The zero-order valence-electron chi connectivity index (χ0n) is 16.5. The van der Waals surface area contributed by atoms with E-state index in [1.165, 1.54) is 29.8 Å². The van der Waals surface area contributed by atoms with E-state index in [1.807, 2.05) is 30.1 Å². The Morgan fingerprint density at radius 2 is 2.21 bits per heavy atom. The van der Waals surface area contributed by atoms with E-state index in [1.54, 1.807) is 6.07 Å². The SMILES string of the molecule is CCNC(=NCCSc1ccccc1F)N1CCC(Cc2cnn(C)c2)C1.I. The first-order chi connectivity index (χ1) is 13.2. The lowest BCUT2D eigenvalue weighted by molar-refractivity contribution is 0.460. The van der Waals surface area contributed by atoms with E-state index in [9.17, 15) is 4.39 Å². The largest absolute Gasteiger partial charge is 0.357 e. The predicted octanol–water partition coefficient (Wildman–Crippen LogP) is 3.80. The van der Waals surface area contributed by atoms with Crippen LogP contribution in [0, 0.1) is 11.7 Å². The third-order valence-corrected chi connectivity index (χ3v) is 5.68. The number of benzene rings is 1. The fraction of sp³-hybridized carbons (Fsp3) is 0.500. The zero-order chi connectivity index (χ0) is 19.1. The van der Waals surface area contributed by atoms with Gasteiger partial charge in [-0.15, -0.1) is 35.7 Å². The predicted molar refractivity (Wildman–Crippen MR) is 125 cm³/mol. The van der Waals surface area contributed by atoms with Gasteiger partial charge in [0.15, 0.2) is 5.96 Å². The second-order valence-corrected chi connectivity index (χ2v) is 7.98. The van der Waals surface area contributed by atoms with Crippen molar-refractivity contribution in [2.24, 2.45) is 18.0 Å². The minimum atomic E-state index is -0.156. The number of aromatic nitrogens is 2. The van der Waals surface area contributed by atoms with Crippen LogP contribution in [0.5, 0.6) is 0 Å². The summed E-state index contributed by atoms with van der Waals surface area (Å²) in [6.45, 7) is 5.65.